The fourth-order valence-electron chi connectivity index (χ4n) is 1.92. The topological polar surface area (TPSA) is 40.7 Å². The van der Waals surface area contributed by atoms with Gasteiger partial charge in [-0.25, -0.2) is 9.37 Å². The normalized spacial score (nSPS) is 10.7. The number of rotatable bonds is 3. The van der Waals surface area contributed by atoms with E-state index in [9.17, 15) is 4.39 Å². The Bertz CT molecular complexity index is 658. The smallest absolute Gasteiger partial charge is 0.137 e. The van der Waals surface area contributed by atoms with Gasteiger partial charge in [-0.1, -0.05) is 0 Å². The molecule has 3 rings (SSSR count). The van der Waals surface area contributed by atoms with Gasteiger partial charge in [0.15, 0.2) is 0 Å². The third-order valence-electron chi connectivity index (χ3n) is 2.86. The average Bonchev–Trinajstić information content (AvgIpc) is 2.82. The van der Waals surface area contributed by atoms with Crippen LogP contribution in [0.1, 0.15) is 5.56 Å². The molecule has 0 aliphatic rings. The Morgan fingerprint density at radius 3 is 2.83 bits per heavy atom. The van der Waals surface area contributed by atoms with E-state index in [1.54, 1.807) is 18.3 Å². The van der Waals surface area contributed by atoms with Crippen molar-refractivity contribution in [3.8, 4) is 0 Å². The Morgan fingerprint density at radius 2 is 2.00 bits per heavy atom. The fraction of sp³-hybridized carbons (Fsp3) is 0.0714. The summed E-state index contributed by atoms with van der Waals surface area (Å²) in [5, 5.41) is 4.36. The molecule has 1 aromatic carbocycles. The van der Waals surface area contributed by atoms with Gasteiger partial charge in [0, 0.05) is 30.0 Å². The first-order chi connectivity index (χ1) is 8.83. The number of H-pyrrole nitrogens is 1. The molecule has 2 heterocycles. The maximum absolute atomic E-state index is 12.8. The summed E-state index contributed by atoms with van der Waals surface area (Å²) >= 11 is 0. The number of nitrogens with zero attached hydrogens (tertiary/aromatic N) is 1. The van der Waals surface area contributed by atoms with Gasteiger partial charge in [-0.15, -0.1) is 0 Å². The molecular weight excluding hydrogens is 229 g/mol. The van der Waals surface area contributed by atoms with Crippen molar-refractivity contribution >= 4 is 16.7 Å². The SMILES string of the molecule is Fc1ccc(NCc2c[nH]c3ncccc23)cc1. The van der Waals surface area contributed by atoms with E-state index in [0.29, 0.717) is 6.54 Å². The maximum Gasteiger partial charge on any atom is 0.137 e. The van der Waals surface area contributed by atoms with Crippen LogP contribution < -0.4 is 5.32 Å². The minimum absolute atomic E-state index is 0.225. The predicted octanol–water partition coefficient (Wildman–Crippen LogP) is 3.31. The molecule has 3 nitrogen and oxygen atoms in total. The van der Waals surface area contributed by atoms with Gasteiger partial charge in [0.1, 0.15) is 11.5 Å². The molecule has 0 spiro atoms. The third kappa shape index (κ3) is 2.05. The summed E-state index contributed by atoms with van der Waals surface area (Å²) in [6.45, 7) is 0.678. The van der Waals surface area contributed by atoms with Crippen molar-refractivity contribution in [3.05, 3.63) is 60.2 Å². The van der Waals surface area contributed by atoms with Crippen LogP contribution in [0.25, 0.3) is 11.0 Å². The largest absolute Gasteiger partial charge is 0.381 e. The molecule has 18 heavy (non-hydrogen) atoms. The Hall–Kier alpha value is -2.36. The molecule has 0 saturated carbocycles. The van der Waals surface area contributed by atoms with Crippen LogP contribution in [0.5, 0.6) is 0 Å². The van der Waals surface area contributed by atoms with Crippen molar-refractivity contribution in [1.82, 2.24) is 9.97 Å². The fourth-order valence-corrected chi connectivity index (χ4v) is 1.92. The molecule has 0 bridgehead atoms. The Kier molecular flexibility index (Phi) is 2.68. The Labute approximate surface area is 104 Å². The lowest BCUT2D eigenvalue weighted by molar-refractivity contribution is 0.628. The second-order valence-corrected chi connectivity index (χ2v) is 4.07. The highest BCUT2D eigenvalue weighted by Gasteiger charge is 2.03. The van der Waals surface area contributed by atoms with Gasteiger partial charge in [0.2, 0.25) is 0 Å². The number of anilines is 1. The molecule has 2 N–H and O–H groups in total. The number of halogens is 1. The number of aromatic nitrogens is 2. The van der Waals surface area contributed by atoms with Crippen molar-refractivity contribution < 1.29 is 4.39 Å². The van der Waals surface area contributed by atoms with Crippen molar-refractivity contribution in [2.75, 3.05) is 5.32 Å². The molecule has 4 heteroatoms. The molecule has 0 fully saturated rings. The molecule has 0 radical (unpaired) electrons. The zero-order chi connectivity index (χ0) is 12.4. The monoisotopic (exact) mass is 241 g/mol. The van der Waals surface area contributed by atoms with E-state index < -0.39 is 0 Å². The standard InChI is InChI=1S/C14H12FN3/c15-11-3-5-12(6-4-11)17-8-10-9-18-14-13(10)2-1-7-16-14/h1-7,9,17H,8H2,(H,16,18). The predicted molar refractivity (Wildman–Crippen MR) is 69.8 cm³/mol. The van der Waals surface area contributed by atoms with Gasteiger partial charge in [-0.05, 0) is 42.0 Å². The van der Waals surface area contributed by atoms with Gasteiger partial charge < -0.3 is 10.3 Å². The van der Waals surface area contributed by atoms with Gasteiger partial charge >= 0.3 is 0 Å². The summed E-state index contributed by atoms with van der Waals surface area (Å²) in [5.74, 6) is -0.225. The molecule has 90 valence electrons. The minimum Gasteiger partial charge on any atom is -0.381 e. The number of hydrogen-bond acceptors (Lipinski definition) is 2. The Morgan fingerprint density at radius 1 is 1.17 bits per heavy atom. The van der Waals surface area contributed by atoms with E-state index in [1.165, 1.54) is 12.1 Å². The van der Waals surface area contributed by atoms with Crippen LogP contribution in [0.3, 0.4) is 0 Å². The molecule has 3 aromatic rings. The molecule has 2 aromatic heterocycles. The van der Waals surface area contributed by atoms with Crippen molar-refractivity contribution in [3.63, 3.8) is 0 Å². The quantitative estimate of drug-likeness (QED) is 0.738. The van der Waals surface area contributed by atoms with Gasteiger partial charge in [0.25, 0.3) is 0 Å². The summed E-state index contributed by atoms with van der Waals surface area (Å²) in [5.41, 5.74) is 2.92. The van der Waals surface area contributed by atoms with E-state index in [4.69, 9.17) is 0 Å². The summed E-state index contributed by atoms with van der Waals surface area (Å²) in [4.78, 5) is 7.36. The van der Waals surface area contributed by atoms with Crippen LogP contribution >= 0.6 is 0 Å². The van der Waals surface area contributed by atoms with Crippen LogP contribution in [-0.2, 0) is 6.54 Å². The average molecular weight is 241 g/mol. The first kappa shape index (κ1) is 10.8. The summed E-state index contributed by atoms with van der Waals surface area (Å²) < 4.78 is 12.8. The van der Waals surface area contributed by atoms with Gasteiger partial charge in [0.05, 0.1) is 0 Å². The number of fused-ring (bicyclic) bond motifs is 1. The third-order valence-corrected chi connectivity index (χ3v) is 2.86. The molecule has 0 amide bonds. The lowest BCUT2D eigenvalue weighted by Gasteiger charge is -2.05. The molecule has 0 atom stereocenters. The summed E-state index contributed by atoms with van der Waals surface area (Å²) in [7, 11) is 0. The highest BCUT2D eigenvalue weighted by atomic mass is 19.1. The maximum atomic E-state index is 12.8. The highest BCUT2D eigenvalue weighted by molar-refractivity contribution is 5.79. The minimum atomic E-state index is -0.225. The molecule has 0 saturated heterocycles. The molecule has 0 aliphatic heterocycles. The lowest BCUT2D eigenvalue weighted by atomic mass is 10.2. The van der Waals surface area contributed by atoms with Crippen LogP contribution in [0, 0.1) is 5.82 Å². The second-order valence-electron chi connectivity index (χ2n) is 4.07. The van der Waals surface area contributed by atoms with E-state index in [-0.39, 0.29) is 5.82 Å². The van der Waals surface area contributed by atoms with Crippen molar-refractivity contribution in [1.29, 1.82) is 0 Å². The Balaban J connectivity index is 1.79. The summed E-state index contributed by atoms with van der Waals surface area (Å²) in [6.07, 6.45) is 3.70. The van der Waals surface area contributed by atoms with E-state index >= 15 is 0 Å². The van der Waals surface area contributed by atoms with Crippen LogP contribution in [0.15, 0.2) is 48.8 Å². The second kappa shape index (κ2) is 4.49. The zero-order valence-corrected chi connectivity index (χ0v) is 9.65. The molecule has 0 aliphatic carbocycles. The lowest BCUT2D eigenvalue weighted by Crippen LogP contribution is -1.98. The van der Waals surface area contributed by atoms with Gasteiger partial charge in [-0.3, -0.25) is 0 Å². The first-order valence-corrected chi connectivity index (χ1v) is 5.73. The van der Waals surface area contributed by atoms with Crippen LogP contribution in [0.2, 0.25) is 0 Å². The number of pyridine rings is 1. The highest BCUT2D eigenvalue weighted by Crippen LogP contribution is 2.17. The van der Waals surface area contributed by atoms with Crippen molar-refractivity contribution in [2.45, 2.75) is 6.54 Å². The van der Waals surface area contributed by atoms with Crippen molar-refractivity contribution in [2.24, 2.45) is 0 Å². The van der Waals surface area contributed by atoms with E-state index in [0.717, 1.165) is 22.3 Å². The number of nitrogens with one attached hydrogen (secondary N) is 2. The number of aromatic amines is 1. The molecule has 0 unspecified atom stereocenters. The molecular formula is C14H12FN3. The first-order valence-electron chi connectivity index (χ1n) is 5.73. The zero-order valence-electron chi connectivity index (χ0n) is 9.65. The number of benzene rings is 1. The van der Waals surface area contributed by atoms with Gasteiger partial charge in [-0.2, -0.15) is 0 Å². The summed E-state index contributed by atoms with van der Waals surface area (Å²) in [6, 6.07) is 10.3. The van der Waals surface area contributed by atoms with Crippen LogP contribution in [0.4, 0.5) is 10.1 Å². The number of hydrogen-bond donors (Lipinski definition) is 2. The van der Waals surface area contributed by atoms with E-state index in [2.05, 4.69) is 15.3 Å². The van der Waals surface area contributed by atoms with E-state index in [1.807, 2.05) is 18.3 Å². The van der Waals surface area contributed by atoms with Crippen LogP contribution in [-0.4, -0.2) is 9.97 Å².